The van der Waals surface area contributed by atoms with Crippen LogP contribution in [0, 0.1) is 0 Å². The molecule has 0 fully saturated rings. The second kappa shape index (κ2) is 9.10. The van der Waals surface area contributed by atoms with Crippen LogP contribution in [-0.2, 0) is 0 Å². The summed E-state index contributed by atoms with van der Waals surface area (Å²) in [5.74, 6) is 0.456. The van der Waals surface area contributed by atoms with E-state index in [2.05, 4.69) is 20.6 Å². The molecule has 2 heterocycles. The number of hydrogen-bond acceptors (Lipinski definition) is 7. The quantitative estimate of drug-likeness (QED) is 0.436. The maximum atomic E-state index is 13.1. The third-order valence-corrected chi connectivity index (χ3v) is 5.34. The minimum absolute atomic E-state index is 0.0367. The molecule has 32 heavy (non-hydrogen) atoms. The molecule has 2 aromatic heterocycles. The average molecular weight is 457 g/mol. The maximum Gasteiger partial charge on any atom is 0.291 e. The van der Waals surface area contributed by atoms with Crippen LogP contribution in [0.25, 0.3) is 16.9 Å². The fourth-order valence-electron chi connectivity index (χ4n) is 2.98. The monoisotopic (exact) mass is 457 g/mol. The van der Waals surface area contributed by atoms with Crippen LogP contribution in [-0.4, -0.2) is 40.1 Å². The molecule has 0 aliphatic heterocycles. The van der Waals surface area contributed by atoms with E-state index in [9.17, 15) is 13.6 Å². The summed E-state index contributed by atoms with van der Waals surface area (Å²) in [4.78, 5) is 13.1. The molecule has 0 unspecified atom stereocenters. The van der Waals surface area contributed by atoms with E-state index in [0.29, 0.717) is 34.1 Å². The lowest BCUT2D eigenvalue weighted by Gasteiger charge is -2.10. The summed E-state index contributed by atoms with van der Waals surface area (Å²) in [7, 11) is 3.03. The van der Waals surface area contributed by atoms with E-state index in [4.69, 9.17) is 9.47 Å². The van der Waals surface area contributed by atoms with Gasteiger partial charge in [-0.3, -0.25) is 10.1 Å². The molecular formula is C21H17F2N5O3S. The number of alkyl halides is 2. The molecule has 11 heteroatoms. The van der Waals surface area contributed by atoms with Crippen molar-refractivity contribution in [1.29, 1.82) is 0 Å². The lowest BCUT2D eigenvalue weighted by Crippen LogP contribution is -2.12. The second-order valence-corrected chi connectivity index (χ2v) is 7.45. The molecule has 0 spiro atoms. The van der Waals surface area contributed by atoms with E-state index in [1.807, 2.05) is 30.3 Å². The smallest absolute Gasteiger partial charge is 0.291 e. The maximum absolute atomic E-state index is 13.1. The first-order valence-electron chi connectivity index (χ1n) is 9.30. The molecule has 4 rings (SSSR count). The molecule has 0 saturated heterocycles. The number of methoxy groups -OCH3 is 2. The zero-order valence-corrected chi connectivity index (χ0v) is 17.8. The summed E-state index contributed by atoms with van der Waals surface area (Å²) in [6.45, 7) is 0. The van der Waals surface area contributed by atoms with E-state index < -0.39 is 17.3 Å². The largest absolute Gasteiger partial charge is 0.497 e. The Kier molecular flexibility index (Phi) is 6.08. The molecule has 164 valence electrons. The van der Waals surface area contributed by atoms with Gasteiger partial charge in [0, 0.05) is 17.8 Å². The summed E-state index contributed by atoms with van der Waals surface area (Å²) in [5, 5.41) is 13.6. The SMILES string of the molecule is COc1ccc(-c2nn(-c3ccccc3)cc2C(=O)Nc2nnc(C(F)F)s2)c(OC)c1. The van der Waals surface area contributed by atoms with Crippen LogP contribution in [0.2, 0.25) is 0 Å². The molecule has 1 amide bonds. The highest BCUT2D eigenvalue weighted by molar-refractivity contribution is 7.15. The number of nitrogens with zero attached hydrogens (tertiary/aromatic N) is 4. The van der Waals surface area contributed by atoms with Gasteiger partial charge in [0.1, 0.15) is 17.2 Å². The molecule has 2 aromatic carbocycles. The molecule has 0 atom stereocenters. The number of benzene rings is 2. The zero-order valence-electron chi connectivity index (χ0n) is 17.0. The minimum Gasteiger partial charge on any atom is -0.497 e. The average Bonchev–Trinajstić information content (AvgIpc) is 3.47. The van der Waals surface area contributed by atoms with Crippen molar-refractivity contribution < 1.29 is 23.0 Å². The highest BCUT2D eigenvalue weighted by Crippen LogP contribution is 2.35. The number of para-hydroxylation sites is 1. The number of nitrogens with one attached hydrogen (secondary N) is 1. The number of halogens is 2. The van der Waals surface area contributed by atoms with Gasteiger partial charge in [0.25, 0.3) is 12.3 Å². The van der Waals surface area contributed by atoms with Crippen LogP contribution in [0.4, 0.5) is 13.9 Å². The van der Waals surface area contributed by atoms with Crippen molar-refractivity contribution in [2.24, 2.45) is 0 Å². The van der Waals surface area contributed by atoms with Crippen LogP contribution < -0.4 is 14.8 Å². The van der Waals surface area contributed by atoms with Gasteiger partial charge in [-0.2, -0.15) is 5.10 Å². The number of ether oxygens (including phenoxy) is 2. The number of hydrogen-bond donors (Lipinski definition) is 1. The van der Waals surface area contributed by atoms with Gasteiger partial charge in [-0.15, -0.1) is 10.2 Å². The predicted octanol–water partition coefficient (Wildman–Crippen LogP) is 4.60. The van der Waals surface area contributed by atoms with E-state index in [1.165, 1.54) is 14.2 Å². The van der Waals surface area contributed by atoms with Gasteiger partial charge in [-0.05, 0) is 24.3 Å². The van der Waals surface area contributed by atoms with Crippen LogP contribution in [0.3, 0.4) is 0 Å². The normalized spacial score (nSPS) is 10.9. The van der Waals surface area contributed by atoms with E-state index in [-0.39, 0.29) is 10.7 Å². The first kappa shape index (κ1) is 21.4. The lowest BCUT2D eigenvalue weighted by molar-refractivity contribution is 0.102. The Balaban J connectivity index is 1.78. The number of carbonyl (C=O) groups excluding carboxylic acids is 1. The number of rotatable bonds is 7. The Hall–Kier alpha value is -3.86. The van der Waals surface area contributed by atoms with Crippen molar-refractivity contribution >= 4 is 22.4 Å². The van der Waals surface area contributed by atoms with Crippen molar-refractivity contribution in [3.05, 3.63) is 65.3 Å². The summed E-state index contributed by atoms with van der Waals surface area (Å²) >= 11 is 0.609. The van der Waals surface area contributed by atoms with E-state index in [1.54, 1.807) is 29.1 Å². The van der Waals surface area contributed by atoms with Crippen molar-refractivity contribution in [3.8, 4) is 28.4 Å². The molecule has 0 radical (unpaired) electrons. The van der Waals surface area contributed by atoms with Crippen molar-refractivity contribution in [2.45, 2.75) is 6.43 Å². The Morgan fingerprint density at radius 2 is 1.88 bits per heavy atom. The van der Waals surface area contributed by atoms with Crippen LogP contribution in [0.1, 0.15) is 21.8 Å². The van der Waals surface area contributed by atoms with Gasteiger partial charge in [0.2, 0.25) is 5.13 Å². The lowest BCUT2D eigenvalue weighted by atomic mass is 10.1. The zero-order chi connectivity index (χ0) is 22.7. The fourth-order valence-corrected chi connectivity index (χ4v) is 3.58. The summed E-state index contributed by atoms with van der Waals surface area (Å²) < 4.78 is 37.9. The van der Waals surface area contributed by atoms with Gasteiger partial charge in [0.15, 0.2) is 5.01 Å². The molecule has 0 saturated carbocycles. The van der Waals surface area contributed by atoms with Crippen molar-refractivity contribution in [2.75, 3.05) is 19.5 Å². The van der Waals surface area contributed by atoms with E-state index >= 15 is 0 Å². The highest BCUT2D eigenvalue weighted by atomic mass is 32.1. The molecule has 0 aliphatic carbocycles. The topological polar surface area (TPSA) is 91.2 Å². The third kappa shape index (κ3) is 4.28. The summed E-state index contributed by atoms with van der Waals surface area (Å²) in [6.07, 6.45) is -1.21. The van der Waals surface area contributed by atoms with Gasteiger partial charge in [-0.1, -0.05) is 29.5 Å². The minimum atomic E-state index is -2.77. The predicted molar refractivity (Wildman–Crippen MR) is 115 cm³/mol. The van der Waals surface area contributed by atoms with Gasteiger partial charge in [0.05, 0.1) is 25.5 Å². The molecule has 4 aromatic rings. The Bertz CT molecular complexity index is 1240. The first-order valence-corrected chi connectivity index (χ1v) is 10.1. The molecule has 1 N–H and O–H groups in total. The molecule has 0 bridgehead atoms. The highest BCUT2D eigenvalue weighted by Gasteiger charge is 2.23. The van der Waals surface area contributed by atoms with Crippen molar-refractivity contribution in [1.82, 2.24) is 20.0 Å². The van der Waals surface area contributed by atoms with E-state index in [0.717, 1.165) is 5.69 Å². The Labute approximate surface area is 185 Å². The number of anilines is 1. The number of aromatic nitrogens is 4. The molecule has 8 nitrogen and oxygen atoms in total. The number of amides is 1. The van der Waals surface area contributed by atoms with Gasteiger partial charge < -0.3 is 9.47 Å². The van der Waals surface area contributed by atoms with Gasteiger partial charge in [-0.25, -0.2) is 13.5 Å². The third-order valence-electron chi connectivity index (χ3n) is 4.49. The number of carbonyl (C=O) groups is 1. The Morgan fingerprint density at radius 1 is 1.09 bits per heavy atom. The van der Waals surface area contributed by atoms with Crippen LogP contribution in [0.5, 0.6) is 11.5 Å². The fraction of sp³-hybridized carbons (Fsp3) is 0.143. The molecular weight excluding hydrogens is 440 g/mol. The van der Waals surface area contributed by atoms with Crippen LogP contribution >= 0.6 is 11.3 Å². The van der Waals surface area contributed by atoms with Crippen molar-refractivity contribution in [3.63, 3.8) is 0 Å². The first-order chi connectivity index (χ1) is 15.5. The Morgan fingerprint density at radius 3 is 2.53 bits per heavy atom. The second-order valence-electron chi connectivity index (χ2n) is 6.44. The van der Waals surface area contributed by atoms with Gasteiger partial charge >= 0.3 is 0 Å². The summed E-state index contributed by atoms with van der Waals surface area (Å²) in [5.41, 5.74) is 1.82. The summed E-state index contributed by atoms with van der Waals surface area (Å²) in [6, 6.07) is 14.4. The standard InChI is InChI=1S/C21H17F2N5O3S/c1-30-13-8-9-14(16(10-13)31-2)17-15(11-28(27-17)12-6-4-3-5-7-12)19(29)24-21-26-25-20(32-21)18(22)23/h3-11,18H,1-2H3,(H,24,26,29). The van der Waals surface area contributed by atoms with Crippen LogP contribution in [0.15, 0.2) is 54.7 Å². The molecule has 0 aliphatic rings.